The van der Waals surface area contributed by atoms with Crippen LogP contribution in [0.15, 0.2) is 24.3 Å². The average molecular weight is 264 g/mol. The summed E-state index contributed by atoms with van der Waals surface area (Å²) < 4.78 is 24.7. The molecule has 0 saturated carbocycles. The van der Waals surface area contributed by atoms with Crippen molar-refractivity contribution >= 4 is 31.6 Å². The van der Waals surface area contributed by atoms with E-state index in [9.17, 15) is 8.42 Å². The Balaban J connectivity index is 2.93. The molecule has 0 spiro atoms. The van der Waals surface area contributed by atoms with E-state index < -0.39 is 10.0 Å². The van der Waals surface area contributed by atoms with E-state index in [0.717, 1.165) is 5.56 Å². The molecule has 1 aromatic carbocycles. The van der Waals surface area contributed by atoms with E-state index in [0.29, 0.717) is 5.69 Å². The number of rotatable bonds is 3. The van der Waals surface area contributed by atoms with Crippen molar-refractivity contribution < 1.29 is 8.42 Å². The van der Waals surface area contributed by atoms with Crippen LogP contribution in [0.5, 0.6) is 0 Å². The molecular formula is C8H10BrNO2S. The van der Waals surface area contributed by atoms with Crippen molar-refractivity contribution in [1.82, 2.24) is 0 Å². The number of hydrogen-bond acceptors (Lipinski definition) is 2. The average Bonchev–Trinajstić information content (AvgIpc) is 2.09. The van der Waals surface area contributed by atoms with Gasteiger partial charge >= 0.3 is 0 Å². The molecule has 0 radical (unpaired) electrons. The second kappa shape index (κ2) is 4.11. The first kappa shape index (κ1) is 10.5. The molecule has 0 aromatic heterocycles. The number of sulfonamides is 1. The summed E-state index contributed by atoms with van der Waals surface area (Å²) in [5.41, 5.74) is 1.54. The Bertz CT molecular complexity index is 389. The molecule has 3 nitrogen and oxygen atoms in total. The number of nitrogens with one attached hydrogen (secondary N) is 1. The first-order valence-corrected chi connectivity index (χ1v) is 6.44. The summed E-state index contributed by atoms with van der Waals surface area (Å²) in [6.45, 7) is 1.85. The van der Waals surface area contributed by atoms with E-state index in [-0.39, 0.29) is 4.66 Å². The number of hydrogen-bond donors (Lipinski definition) is 1. The number of alkyl halides is 1. The fourth-order valence-electron chi connectivity index (χ4n) is 0.882. The predicted molar refractivity (Wildman–Crippen MR) is 57.5 cm³/mol. The summed E-state index contributed by atoms with van der Waals surface area (Å²) in [5, 5.41) is 0. The van der Waals surface area contributed by atoms with Gasteiger partial charge in [-0.3, -0.25) is 4.72 Å². The third-order valence-corrected chi connectivity index (χ3v) is 4.18. The Morgan fingerprint density at radius 2 is 2.00 bits per heavy atom. The molecule has 0 fully saturated rings. The minimum absolute atomic E-state index is 0.0890. The zero-order valence-corrected chi connectivity index (χ0v) is 9.52. The Kier molecular flexibility index (Phi) is 3.33. The predicted octanol–water partition coefficient (Wildman–Crippen LogP) is 2.09. The minimum atomic E-state index is -3.23. The summed E-state index contributed by atoms with van der Waals surface area (Å²) in [5.74, 6) is 0. The van der Waals surface area contributed by atoms with Gasteiger partial charge in [-0.05, 0) is 18.6 Å². The molecule has 0 heterocycles. The first-order chi connectivity index (χ1) is 6.05. The number of anilines is 1. The third kappa shape index (κ3) is 3.00. The van der Waals surface area contributed by atoms with Crippen LogP contribution < -0.4 is 4.72 Å². The summed E-state index contributed by atoms with van der Waals surface area (Å²) in [6.07, 6.45) is 0. The molecule has 0 aliphatic rings. The molecule has 0 aliphatic heterocycles. The van der Waals surface area contributed by atoms with E-state index in [2.05, 4.69) is 20.7 Å². The number of benzene rings is 1. The minimum Gasteiger partial charge on any atom is -0.283 e. The standard InChI is InChI=1S/C8H10BrNO2S/c1-7-4-2-3-5-8(7)10-13(11,12)6-9/h2-5,10H,6H2,1H3. The lowest BCUT2D eigenvalue weighted by molar-refractivity contribution is 0.606. The molecule has 13 heavy (non-hydrogen) atoms. The van der Waals surface area contributed by atoms with Gasteiger partial charge in [0.1, 0.15) is 4.66 Å². The van der Waals surface area contributed by atoms with Crippen LogP contribution in [0.1, 0.15) is 5.56 Å². The maximum Gasteiger partial charge on any atom is 0.242 e. The molecule has 5 heteroatoms. The van der Waals surface area contributed by atoms with Gasteiger partial charge in [-0.25, -0.2) is 8.42 Å². The first-order valence-electron chi connectivity index (χ1n) is 3.67. The van der Waals surface area contributed by atoms with Gasteiger partial charge in [-0.1, -0.05) is 34.1 Å². The largest absolute Gasteiger partial charge is 0.283 e. The lowest BCUT2D eigenvalue weighted by Crippen LogP contribution is -2.13. The zero-order chi connectivity index (χ0) is 9.90. The van der Waals surface area contributed by atoms with E-state index in [4.69, 9.17) is 0 Å². The molecule has 1 rings (SSSR count). The van der Waals surface area contributed by atoms with Crippen molar-refractivity contribution in [2.75, 3.05) is 9.38 Å². The topological polar surface area (TPSA) is 46.2 Å². The molecule has 72 valence electrons. The maximum absolute atomic E-state index is 11.2. The van der Waals surface area contributed by atoms with Gasteiger partial charge in [0.25, 0.3) is 0 Å². The third-order valence-electron chi connectivity index (χ3n) is 1.55. The van der Waals surface area contributed by atoms with Crippen LogP contribution in [0, 0.1) is 6.92 Å². The van der Waals surface area contributed by atoms with Crippen LogP contribution in [0.3, 0.4) is 0 Å². The van der Waals surface area contributed by atoms with E-state index in [1.54, 1.807) is 12.1 Å². The van der Waals surface area contributed by atoms with Gasteiger partial charge in [0.2, 0.25) is 10.0 Å². The smallest absolute Gasteiger partial charge is 0.242 e. The second-order valence-electron chi connectivity index (χ2n) is 2.64. The van der Waals surface area contributed by atoms with E-state index >= 15 is 0 Å². The van der Waals surface area contributed by atoms with Gasteiger partial charge in [-0.15, -0.1) is 0 Å². The summed E-state index contributed by atoms with van der Waals surface area (Å²) in [4.78, 5) is 0. The monoisotopic (exact) mass is 263 g/mol. The van der Waals surface area contributed by atoms with Gasteiger partial charge in [0, 0.05) is 0 Å². The van der Waals surface area contributed by atoms with Crippen molar-refractivity contribution in [2.45, 2.75) is 6.92 Å². The zero-order valence-electron chi connectivity index (χ0n) is 7.12. The number of aryl methyl sites for hydroxylation is 1. The fourth-order valence-corrected chi connectivity index (χ4v) is 1.84. The molecule has 0 unspecified atom stereocenters. The molecule has 0 atom stereocenters. The Morgan fingerprint density at radius 3 is 2.54 bits per heavy atom. The molecule has 0 aliphatic carbocycles. The lowest BCUT2D eigenvalue weighted by Gasteiger charge is -2.07. The summed E-state index contributed by atoms with van der Waals surface area (Å²) in [6, 6.07) is 7.24. The molecule has 1 aromatic rings. The van der Waals surface area contributed by atoms with Gasteiger partial charge in [0.05, 0.1) is 5.69 Å². The highest BCUT2D eigenvalue weighted by molar-refractivity contribution is 9.10. The Morgan fingerprint density at radius 1 is 1.38 bits per heavy atom. The van der Waals surface area contributed by atoms with Crippen LogP contribution in [-0.2, 0) is 10.0 Å². The van der Waals surface area contributed by atoms with Crippen molar-refractivity contribution in [3.8, 4) is 0 Å². The summed E-state index contributed by atoms with van der Waals surface area (Å²) in [7, 11) is -3.23. The highest BCUT2D eigenvalue weighted by Crippen LogP contribution is 2.15. The Labute approximate surface area is 86.3 Å². The van der Waals surface area contributed by atoms with E-state index in [1.165, 1.54) is 0 Å². The van der Waals surface area contributed by atoms with Gasteiger partial charge < -0.3 is 0 Å². The molecule has 0 bridgehead atoms. The quantitative estimate of drug-likeness (QED) is 0.850. The van der Waals surface area contributed by atoms with Crippen LogP contribution in [0.25, 0.3) is 0 Å². The van der Waals surface area contributed by atoms with Crippen molar-refractivity contribution in [3.63, 3.8) is 0 Å². The van der Waals surface area contributed by atoms with Crippen molar-refractivity contribution in [3.05, 3.63) is 29.8 Å². The number of halogens is 1. The highest BCUT2D eigenvalue weighted by atomic mass is 79.9. The van der Waals surface area contributed by atoms with Crippen LogP contribution >= 0.6 is 15.9 Å². The van der Waals surface area contributed by atoms with Crippen LogP contribution in [-0.4, -0.2) is 13.1 Å². The SMILES string of the molecule is Cc1ccccc1NS(=O)(=O)CBr. The molecule has 0 amide bonds. The maximum atomic E-state index is 11.2. The lowest BCUT2D eigenvalue weighted by atomic mass is 10.2. The normalized spacial score (nSPS) is 11.2. The second-order valence-corrected chi connectivity index (χ2v) is 5.67. The van der Waals surface area contributed by atoms with Crippen molar-refractivity contribution in [2.24, 2.45) is 0 Å². The van der Waals surface area contributed by atoms with Gasteiger partial charge in [-0.2, -0.15) is 0 Å². The highest BCUT2D eigenvalue weighted by Gasteiger charge is 2.08. The molecule has 1 N–H and O–H groups in total. The van der Waals surface area contributed by atoms with E-state index in [1.807, 2.05) is 19.1 Å². The fraction of sp³-hybridized carbons (Fsp3) is 0.250. The summed E-state index contributed by atoms with van der Waals surface area (Å²) >= 11 is 2.90. The molecule has 0 saturated heterocycles. The van der Waals surface area contributed by atoms with Gasteiger partial charge in [0.15, 0.2) is 0 Å². The van der Waals surface area contributed by atoms with Crippen LogP contribution in [0.4, 0.5) is 5.69 Å². The van der Waals surface area contributed by atoms with Crippen LogP contribution in [0.2, 0.25) is 0 Å². The van der Waals surface area contributed by atoms with Crippen molar-refractivity contribution in [1.29, 1.82) is 0 Å². The number of para-hydroxylation sites is 1. The molecular weight excluding hydrogens is 254 g/mol. The Hall–Kier alpha value is -0.550.